The molecule has 1 aliphatic carbocycles. The number of hydrogen-bond acceptors (Lipinski definition) is 5. The molecule has 1 aromatic heterocycles. The Hall–Kier alpha value is -2.54. The predicted octanol–water partition coefficient (Wildman–Crippen LogP) is 3.28. The van der Waals surface area contributed by atoms with Crippen LogP contribution in [0.2, 0.25) is 0 Å². The zero-order chi connectivity index (χ0) is 20.1. The average molecular weight is 403 g/mol. The minimum Gasteiger partial charge on any atom is -0.497 e. The normalized spacial score (nSPS) is 15.5. The monoisotopic (exact) mass is 402 g/mol. The summed E-state index contributed by atoms with van der Waals surface area (Å²) in [4.78, 5) is 26.6. The van der Waals surface area contributed by atoms with Crippen molar-refractivity contribution in [3.05, 3.63) is 45.1 Å². The first-order valence-corrected chi connectivity index (χ1v) is 10.3. The molecule has 0 bridgehead atoms. The van der Waals surface area contributed by atoms with Gasteiger partial charge in [0.05, 0.1) is 25.5 Å². The van der Waals surface area contributed by atoms with Gasteiger partial charge in [0, 0.05) is 16.5 Å². The first-order valence-electron chi connectivity index (χ1n) is 9.45. The number of methoxy groups -OCH3 is 2. The quantitative estimate of drug-likeness (QED) is 0.727. The van der Waals surface area contributed by atoms with Crippen LogP contribution in [-0.2, 0) is 24.1 Å². The van der Waals surface area contributed by atoms with E-state index in [0.29, 0.717) is 27.9 Å². The van der Waals surface area contributed by atoms with Gasteiger partial charge in [0.1, 0.15) is 11.5 Å². The SMILES string of the molecule is CC[C@@H]1CCc2sc(C(=O)NNC(=O)Cc3ccc(OC)cc3OC)cc2C1. The number of thiophene rings is 1. The molecule has 0 aliphatic heterocycles. The highest BCUT2D eigenvalue weighted by Gasteiger charge is 2.22. The summed E-state index contributed by atoms with van der Waals surface area (Å²) in [5.74, 6) is 1.34. The van der Waals surface area contributed by atoms with Gasteiger partial charge in [-0.05, 0) is 42.9 Å². The van der Waals surface area contributed by atoms with E-state index in [2.05, 4.69) is 17.8 Å². The van der Waals surface area contributed by atoms with E-state index < -0.39 is 0 Å². The van der Waals surface area contributed by atoms with Crippen LogP contribution in [0, 0.1) is 5.92 Å². The number of aryl methyl sites for hydroxylation is 1. The van der Waals surface area contributed by atoms with Crippen LogP contribution in [0.3, 0.4) is 0 Å². The molecule has 0 unspecified atom stereocenters. The van der Waals surface area contributed by atoms with Gasteiger partial charge < -0.3 is 9.47 Å². The zero-order valence-corrected chi connectivity index (χ0v) is 17.3. The van der Waals surface area contributed by atoms with Crippen molar-refractivity contribution in [2.45, 2.75) is 39.0 Å². The summed E-state index contributed by atoms with van der Waals surface area (Å²) in [6.45, 7) is 2.21. The fraction of sp³-hybridized carbons (Fsp3) is 0.429. The molecule has 1 aromatic carbocycles. The third kappa shape index (κ3) is 4.65. The van der Waals surface area contributed by atoms with Gasteiger partial charge in [-0.1, -0.05) is 19.4 Å². The van der Waals surface area contributed by atoms with Crippen molar-refractivity contribution in [3.8, 4) is 11.5 Å². The molecule has 1 atom stereocenters. The number of benzene rings is 1. The molecule has 0 saturated carbocycles. The number of hydrazine groups is 1. The fourth-order valence-corrected chi connectivity index (χ4v) is 4.57. The topological polar surface area (TPSA) is 76.7 Å². The third-order valence-electron chi connectivity index (χ3n) is 5.15. The molecule has 0 spiro atoms. The number of fused-ring (bicyclic) bond motifs is 1. The summed E-state index contributed by atoms with van der Waals surface area (Å²) >= 11 is 1.52. The predicted molar refractivity (Wildman–Crippen MR) is 109 cm³/mol. The second-order valence-corrected chi connectivity index (χ2v) is 8.07. The number of amides is 2. The van der Waals surface area contributed by atoms with Crippen molar-refractivity contribution in [2.24, 2.45) is 5.92 Å². The first kappa shape index (κ1) is 20.2. The summed E-state index contributed by atoms with van der Waals surface area (Å²) in [5.41, 5.74) is 7.01. The highest BCUT2D eigenvalue weighted by Crippen LogP contribution is 2.33. The molecule has 0 fully saturated rings. The fourth-order valence-electron chi connectivity index (χ4n) is 3.46. The van der Waals surface area contributed by atoms with Crippen molar-refractivity contribution in [2.75, 3.05) is 14.2 Å². The molecular weight excluding hydrogens is 376 g/mol. The van der Waals surface area contributed by atoms with Crippen LogP contribution < -0.4 is 20.3 Å². The van der Waals surface area contributed by atoms with Crippen molar-refractivity contribution < 1.29 is 19.1 Å². The highest BCUT2D eigenvalue weighted by molar-refractivity contribution is 7.14. The Balaban J connectivity index is 1.56. The largest absolute Gasteiger partial charge is 0.497 e. The van der Waals surface area contributed by atoms with Crippen molar-refractivity contribution in [3.63, 3.8) is 0 Å². The van der Waals surface area contributed by atoms with E-state index in [-0.39, 0.29) is 18.2 Å². The Morgan fingerprint density at radius 1 is 1.18 bits per heavy atom. The molecule has 2 N–H and O–H groups in total. The van der Waals surface area contributed by atoms with Gasteiger partial charge in [0.15, 0.2) is 0 Å². The first-order chi connectivity index (χ1) is 13.5. The molecule has 6 nitrogen and oxygen atoms in total. The van der Waals surface area contributed by atoms with E-state index in [9.17, 15) is 9.59 Å². The van der Waals surface area contributed by atoms with Gasteiger partial charge >= 0.3 is 0 Å². The van der Waals surface area contributed by atoms with E-state index in [1.165, 1.54) is 34.6 Å². The van der Waals surface area contributed by atoms with E-state index in [1.54, 1.807) is 32.4 Å². The maximum atomic E-state index is 12.4. The van der Waals surface area contributed by atoms with Crippen molar-refractivity contribution in [1.82, 2.24) is 10.9 Å². The molecule has 1 aliphatic rings. The number of ether oxygens (including phenoxy) is 2. The number of rotatable bonds is 6. The van der Waals surface area contributed by atoms with Crippen molar-refractivity contribution >= 4 is 23.2 Å². The zero-order valence-electron chi connectivity index (χ0n) is 16.5. The Bertz CT molecular complexity index is 862. The second-order valence-electron chi connectivity index (χ2n) is 6.93. The van der Waals surface area contributed by atoms with Crippen LogP contribution in [0.4, 0.5) is 0 Å². The number of carbonyl (C=O) groups is 2. The van der Waals surface area contributed by atoms with Crippen LogP contribution in [-0.4, -0.2) is 26.0 Å². The molecule has 28 heavy (non-hydrogen) atoms. The van der Waals surface area contributed by atoms with Crippen LogP contribution in [0.1, 0.15) is 45.4 Å². The lowest BCUT2D eigenvalue weighted by molar-refractivity contribution is -0.121. The molecule has 1 heterocycles. The van der Waals surface area contributed by atoms with Crippen LogP contribution in [0.15, 0.2) is 24.3 Å². The van der Waals surface area contributed by atoms with E-state index in [1.807, 2.05) is 6.07 Å². The molecular formula is C21H26N2O4S. The summed E-state index contributed by atoms with van der Waals surface area (Å²) in [6, 6.07) is 7.23. The number of nitrogens with one attached hydrogen (secondary N) is 2. The standard InChI is InChI=1S/C21H26N2O4S/c1-4-13-5-8-18-15(9-13)10-19(28-18)21(25)23-22-20(24)11-14-6-7-16(26-2)12-17(14)27-3/h6-7,10,12-13H,4-5,8-9,11H2,1-3H3,(H,22,24)(H,23,25)/t13-/m1/s1. The van der Waals surface area contributed by atoms with Gasteiger partial charge in [0.25, 0.3) is 5.91 Å². The molecule has 0 radical (unpaired) electrons. The van der Waals surface area contributed by atoms with Crippen molar-refractivity contribution in [1.29, 1.82) is 0 Å². The summed E-state index contributed by atoms with van der Waals surface area (Å²) in [6.07, 6.45) is 4.52. The summed E-state index contributed by atoms with van der Waals surface area (Å²) in [7, 11) is 3.11. The Morgan fingerprint density at radius 3 is 2.71 bits per heavy atom. The van der Waals surface area contributed by atoms with E-state index >= 15 is 0 Å². The lowest BCUT2D eigenvalue weighted by Gasteiger charge is -2.19. The molecule has 0 saturated heterocycles. The molecule has 7 heteroatoms. The Labute approximate surface area is 169 Å². The maximum Gasteiger partial charge on any atom is 0.279 e. The Morgan fingerprint density at radius 2 is 2.00 bits per heavy atom. The van der Waals surface area contributed by atoms with Gasteiger partial charge in [-0.3, -0.25) is 20.4 Å². The van der Waals surface area contributed by atoms with Gasteiger partial charge in [0.2, 0.25) is 5.91 Å². The molecule has 2 amide bonds. The van der Waals surface area contributed by atoms with Crippen LogP contribution in [0.5, 0.6) is 11.5 Å². The minimum absolute atomic E-state index is 0.0898. The summed E-state index contributed by atoms with van der Waals surface area (Å²) in [5, 5.41) is 0. The van der Waals surface area contributed by atoms with Crippen LogP contribution >= 0.6 is 11.3 Å². The second kappa shape index (κ2) is 9.10. The maximum absolute atomic E-state index is 12.4. The average Bonchev–Trinajstić information content (AvgIpc) is 3.15. The van der Waals surface area contributed by atoms with Gasteiger partial charge in [-0.15, -0.1) is 11.3 Å². The van der Waals surface area contributed by atoms with E-state index in [0.717, 1.165) is 12.8 Å². The molecule has 3 rings (SSSR count). The number of carbonyl (C=O) groups excluding carboxylic acids is 2. The third-order valence-corrected chi connectivity index (χ3v) is 6.38. The Kier molecular flexibility index (Phi) is 6.57. The lowest BCUT2D eigenvalue weighted by Crippen LogP contribution is -2.42. The smallest absolute Gasteiger partial charge is 0.279 e. The minimum atomic E-state index is -0.316. The highest BCUT2D eigenvalue weighted by atomic mass is 32.1. The summed E-state index contributed by atoms with van der Waals surface area (Å²) < 4.78 is 10.5. The van der Waals surface area contributed by atoms with E-state index in [4.69, 9.17) is 9.47 Å². The van der Waals surface area contributed by atoms with Crippen LogP contribution in [0.25, 0.3) is 0 Å². The number of hydrogen-bond donors (Lipinski definition) is 2. The molecule has 2 aromatic rings. The van der Waals surface area contributed by atoms with Gasteiger partial charge in [-0.25, -0.2) is 0 Å². The lowest BCUT2D eigenvalue weighted by atomic mass is 9.87. The van der Waals surface area contributed by atoms with Gasteiger partial charge in [-0.2, -0.15) is 0 Å². The molecule has 150 valence electrons.